The van der Waals surface area contributed by atoms with Crippen molar-refractivity contribution in [3.63, 3.8) is 0 Å². The molecule has 0 spiro atoms. The van der Waals surface area contributed by atoms with Gasteiger partial charge in [0.2, 0.25) is 5.95 Å². The van der Waals surface area contributed by atoms with Crippen molar-refractivity contribution in [1.29, 1.82) is 0 Å². The first-order valence-corrected chi connectivity index (χ1v) is 10.7. The first-order chi connectivity index (χ1) is 13.7. The molecule has 1 atom stereocenters. The fourth-order valence-corrected chi connectivity index (χ4v) is 4.99. The van der Waals surface area contributed by atoms with Gasteiger partial charge in [-0.25, -0.2) is 4.98 Å². The molecule has 1 fully saturated rings. The first kappa shape index (κ1) is 17.6. The minimum absolute atomic E-state index is 0.208. The van der Waals surface area contributed by atoms with Crippen LogP contribution in [0.4, 0.5) is 11.8 Å². The Morgan fingerprint density at radius 1 is 1.00 bits per heavy atom. The molecule has 0 aromatic carbocycles. The second kappa shape index (κ2) is 7.15. The van der Waals surface area contributed by atoms with E-state index in [1.807, 2.05) is 0 Å². The van der Waals surface area contributed by atoms with E-state index in [0.717, 1.165) is 80.2 Å². The van der Waals surface area contributed by atoms with Crippen LogP contribution in [-0.2, 0) is 6.42 Å². The van der Waals surface area contributed by atoms with E-state index in [-0.39, 0.29) is 11.7 Å². The second-order valence-electron chi connectivity index (χ2n) is 8.26. The van der Waals surface area contributed by atoms with Gasteiger partial charge in [-0.3, -0.25) is 4.79 Å². The number of allylic oxidation sites excluding steroid dienone is 2. The molecule has 1 saturated heterocycles. The highest BCUT2D eigenvalue weighted by molar-refractivity contribution is 6.05. The van der Waals surface area contributed by atoms with Gasteiger partial charge in [0.05, 0.1) is 11.1 Å². The molecule has 146 valence electrons. The number of nitrogens with two attached hydrogens (primary N) is 1. The number of carbonyl (C=O) groups is 1. The SMILES string of the molecule is Nc1nc(N2CCCCC2)nc2nc3c(c([C@H]4CC=CCC4)c12)C(=O)CCC3. The predicted octanol–water partition coefficient (Wildman–Crippen LogP) is 3.94. The third-order valence-electron chi connectivity index (χ3n) is 6.39. The number of carbonyl (C=O) groups excluding carboxylic acids is 1. The van der Waals surface area contributed by atoms with Crippen LogP contribution in [0.15, 0.2) is 12.2 Å². The highest BCUT2D eigenvalue weighted by Crippen LogP contribution is 2.41. The van der Waals surface area contributed by atoms with Gasteiger partial charge in [0.25, 0.3) is 0 Å². The van der Waals surface area contributed by atoms with Gasteiger partial charge in [-0.1, -0.05) is 12.2 Å². The Morgan fingerprint density at radius 3 is 2.64 bits per heavy atom. The number of rotatable bonds is 2. The van der Waals surface area contributed by atoms with Crippen molar-refractivity contribution in [2.45, 2.75) is 63.7 Å². The lowest BCUT2D eigenvalue weighted by Gasteiger charge is -2.29. The molecule has 0 unspecified atom stereocenters. The van der Waals surface area contributed by atoms with Crippen LogP contribution >= 0.6 is 0 Å². The molecule has 5 rings (SSSR count). The lowest BCUT2D eigenvalue weighted by atomic mass is 9.79. The maximum atomic E-state index is 12.9. The Bertz CT molecular complexity index is 961. The van der Waals surface area contributed by atoms with E-state index in [0.29, 0.717) is 23.8 Å². The Balaban J connectivity index is 1.72. The number of aryl methyl sites for hydroxylation is 1. The maximum Gasteiger partial charge on any atom is 0.229 e. The molecule has 0 amide bonds. The van der Waals surface area contributed by atoms with Crippen LogP contribution in [0.1, 0.15) is 78.9 Å². The number of hydrogen-bond acceptors (Lipinski definition) is 6. The van der Waals surface area contributed by atoms with E-state index in [1.54, 1.807) is 0 Å². The van der Waals surface area contributed by atoms with Crippen molar-refractivity contribution in [1.82, 2.24) is 15.0 Å². The molecule has 6 heteroatoms. The quantitative estimate of drug-likeness (QED) is 0.798. The number of ketones is 1. The molecule has 0 bridgehead atoms. The summed E-state index contributed by atoms with van der Waals surface area (Å²) in [6.07, 6.45) is 13.3. The summed E-state index contributed by atoms with van der Waals surface area (Å²) in [6, 6.07) is 0. The zero-order valence-corrected chi connectivity index (χ0v) is 16.3. The van der Waals surface area contributed by atoms with Gasteiger partial charge in [-0.2, -0.15) is 9.97 Å². The predicted molar refractivity (Wildman–Crippen MR) is 111 cm³/mol. The number of Topliss-reactive ketones (excluding diaryl/α,β-unsaturated/α-hetero) is 1. The lowest BCUT2D eigenvalue weighted by molar-refractivity contribution is 0.0970. The standard InChI is InChI=1S/C22H27N5O/c23-20-19-17(14-8-3-1-4-9-14)18-15(10-7-11-16(18)28)24-21(19)26-22(25-20)27-12-5-2-6-13-27/h1,3,14H,2,4-13H2,(H2,23,24,25,26)/t14-/m0/s1. The Kier molecular flexibility index (Phi) is 4.49. The average molecular weight is 377 g/mol. The summed E-state index contributed by atoms with van der Waals surface area (Å²) in [5, 5.41) is 0.815. The lowest BCUT2D eigenvalue weighted by Crippen LogP contribution is -2.31. The van der Waals surface area contributed by atoms with Gasteiger partial charge in [0.1, 0.15) is 5.82 Å². The van der Waals surface area contributed by atoms with Crippen LogP contribution in [0.25, 0.3) is 11.0 Å². The molecular weight excluding hydrogens is 350 g/mol. The summed E-state index contributed by atoms with van der Waals surface area (Å²) in [5.41, 5.74) is 9.97. The summed E-state index contributed by atoms with van der Waals surface area (Å²) >= 11 is 0. The Labute approximate surface area is 165 Å². The second-order valence-corrected chi connectivity index (χ2v) is 8.26. The maximum absolute atomic E-state index is 12.9. The molecule has 2 aromatic rings. The highest BCUT2D eigenvalue weighted by atomic mass is 16.1. The van der Waals surface area contributed by atoms with E-state index in [9.17, 15) is 4.79 Å². The van der Waals surface area contributed by atoms with Gasteiger partial charge in [-0.15, -0.1) is 0 Å². The van der Waals surface area contributed by atoms with Gasteiger partial charge >= 0.3 is 0 Å². The Hall–Kier alpha value is -2.50. The first-order valence-electron chi connectivity index (χ1n) is 10.7. The van der Waals surface area contributed by atoms with Crippen LogP contribution in [-0.4, -0.2) is 33.8 Å². The van der Waals surface area contributed by atoms with Gasteiger partial charge in [0.15, 0.2) is 11.4 Å². The van der Waals surface area contributed by atoms with Crippen molar-refractivity contribution in [2.75, 3.05) is 23.7 Å². The van der Waals surface area contributed by atoms with Crippen molar-refractivity contribution in [3.8, 4) is 0 Å². The molecule has 2 aromatic heterocycles. The van der Waals surface area contributed by atoms with Gasteiger partial charge in [-0.05, 0) is 62.8 Å². The fraction of sp³-hybridized carbons (Fsp3) is 0.545. The zero-order chi connectivity index (χ0) is 19.1. The zero-order valence-electron chi connectivity index (χ0n) is 16.3. The summed E-state index contributed by atoms with van der Waals surface area (Å²) in [5.74, 6) is 1.66. The number of nitrogens with zero attached hydrogens (tertiary/aromatic N) is 4. The van der Waals surface area contributed by atoms with Gasteiger partial charge in [0, 0.05) is 25.1 Å². The smallest absolute Gasteiger partial charge is 0.229 e. The van der Waals surface area contributed by atoms with Crippen LogP contribution in [0, 0.1) is 0 Å². The number of fused-ring (bicyclic) bond motifs is 2. The monoisotopic (exact) mass is 377 g/mol. The van der Waals surface area contributed by atoms with E-state index in [1.165, 1.54) is 6.42 Å². The molecule has 2 aliphatic carbocycles. The van der Waals surface area contributed by atoms with Crippen LogP contribution in [0.5, 0.6) is 0 Å². The number of aromatic nitrogens is 3. The number of anilines is 2. The highest BCUT2D eigenvalue weighted by Gasteiger charge is 2.31. The normalized spacial score (nSPS) is 22.5. The number of pyridine rings is 1. The minimum atomic E-state index is 0.208. The summed E-state index contributed by atoms with van der Waals surface area (Å²) < 4.78 is 0. The fourth-order valence-electron chi connectivity index (χ4n) is 4.99. The molecule has 0 radical (unpaired) electrons. The molecule has 3 aliphatic rings. The molecule has 3 heterocycles. The summed E-state index contributed by atoms with van der Waals surface area (Å²) in [4.78, 5) is 29.4. The summed E-state index contributed by atoms with van der Waals surface area (Å²) in [6.45, 7) is 1.93. The molecule has 28 heavy (non-hydrogen) atoms. The third kappa shape index (κ3) is 2.95. The van der Waals surface area contributed by atoms with E-state index >= 15 is 0 Å². The van der Waals surface area contributed by atoms with E-state index in [4.69, 9.17) is 15.7 Å². The molecular formula is C22H27N5O. The molecule has 0 saturated carbocycles. The van der Waals surface area contributed by atoms with E-state index in [2.05, 4.69) is 22.0 Å². The topological polar surface area (TPSA) is 85.0 Å². The summed E-state index contributed by atoms with van der Waals surface area (Å²) in [7, 11) is 0. The van der Waals surface area contributed by atoms with Crippen molar-refractivity contribution >= 4 is 28.6 Å². The largest absolute Gasteiger partial charge is 0.383 e. The third-order valence-corrected chi connectivity index (χ3v) is 6.39. The van der Waals surface area contributed by atoms with Gasteiger partial charge < -0.3 is 10.6 Å². The van der Waals surface area contributed by atoms with Crippen molar-refractivity contribution < 1.29 is 4.79 Å². The van der Waals surface area contributed by atoms with Crippen molar-refractivity contribution in [3.05, 3.63) is 29.0 Å². The molecule has 1 aliphatic heterocycles. The number of nitrogen functional groups attached to an aromatic ring is 1. The molecule has 6 nitrogen and oxygen atoms in total. The molecule has 2 N–H and O–H groups in total. The van der Waals surface area contributed by atoms with Crippen LogP contribution in [0.3, 0.4) is 0 Å². The van der Waals surface area contributed by atoms with E-state index < -0.39 is 0 Å². The number of hydrogen-bond donors (Lipinski definition) is 1. The van der Waals surface area contributed by atoms with Crippen molar-refractivity contribution in [2.24, 2.45) is 0 Å². The van der Waals surface area contributed by atoms with Crippen LogP contribution < -0.4 is 10.6 Å². The minimum Gasteiger partial charge on any atom is -0.383 e. The average Bonchev–Trinajstić information content (AvgIpc) is 2.73. The van der Waals surface area contributed by atoms with Crippen LogP contribution in [0.2, 0.25) is 0 Å². The number of piperidine rings is 1. The Morgan fingerprint density at radius 2 is 1.86 bits per heavy atom.